The first kappa shape index (κ1) is 13.5. The molecule has 0 aromatic heterocycles. The average Bonchev–Trinajstić information content (AvgIpc) is 2.21. The van der Waals surface area contributed by atoms with Crippen LogP contribution in [0.25, 0.3) is 0 Å². The molecule has 1 aliphatic rings. The molecule has 1 fully saturated rings. The van der Waals surface area contributed by atoms with Crippen LogP contribution in [0.4, 0.5) is 0 Å². The molecule has 4 heteroatoms. The third-order valence-electron chi connectivity index (χ3n) is 3.79. The van der Waals surface area contributed by atoms with Gasteiger partial charge in [-0.15, -0.1) is 0 Å². The molecule has 4 nitrogen and oxygen atoms in total. The molecule has 1 rings (SSSR count). The van der Waals surface area contributed by atoms with Crippen molar-refractivity contribution in [2.24, 2.45) is 0 Å². The molecule has 1 N–H and O–H groups in total. The summed E-state index contributed by atoms with van der Waals surface area (Å²) >= 11 is 0. The number of aliphatic carboxylic acids is 1. The molecule has 0 bridgehead atoms. The second kappa shape index (κ2) is 5.64. The first-order chi connectivity index (χ1) is 7.45. The lowest BCUT2D eigenvalue weighted by Gasteiger charge is -2.45. The van der Waals surface area contributed by atoms with E-state index in [-0.39, 0.29) is 12.5 Å². The van der Waals surface area contributed by atoms with Crippen LogP contribution < -0.4 is 0 Å². The van der Waals surface area contributed by atoms with E-state index in [1.54, 1.807) is 0 Å². The van der Waals surface area contributed by atoms with Crippen LogP contribution in [0.3, 0.4) is 0 Å². The van der Waals surface area contributed by atoms with Gasteiger partial charge in [-0.1, -0.05) is 6.92 Å². The number of rotatable bonds is 4. The lowest BCUT2D eigenvalue weighted by Crippen LogP contribution is -2.57. The Balaban J connectivity index is 2.61. The van der Waals surface area contributed by atoms with E-state index in [1.165, 1.54) is 0 Å². The number of likely N-dealkylation sites (N-methyl/N-ethyl adjacent to an activating group) is 1. The second-order valence-electron chi connectivity index (χ2n) is 4.98. The summed E-state index contributed by atoms with van der Waals surface area (Å²) in [5.74, 6) is -0.689. The fourth-order valence-corrected chi connectivity index (χ4v) is 2.48. The van der Waals surface area contributed by atoms with Gasteiger partial charge < -0.3 is 5.11 Å². The molecule has 0 aliphatic carbocycles. The lowest BCUT2D eigenvalue weighted by molar-refractivity contribution is -0.139. The zero-order valence-electron chi connectivity index (χ0n) is 10.8. The highest BCUT2D eigenvalue weighted by Gasteiger charge is 2.30. The zero-order valence-corrected chi connectivity index (χ0v) is 10.8. The topological polar surface area (TPSA) is 43.8 Å². The summed E-state index contributed by atoms with van der Waals surface area (Å²) in [5.41, 5.74) is 0. The maximum Gasteiger partial charge on any atom is 0.304 e. The van der Waals surface area contributed by atoms with Crippen LogP contribution in [-0.4, -0.2) is 59.1 Å². The monoisotopic (exact) mass is 228 g/mol. The number of carboxylic acid groups (broad SMARTS) is 1. The molecule has 0 aromatic rings. The SMILES string of the molecule is CCC(CC(=O)O)N1CC(C)N(C)C(C)C1. The summed E-state index contributed by atoms with van der Waals surface area (Å²) in [6, 6.07) is 1.20. The van der Waals surface area contributed by atoms with Crippen LogP contribution in [-0.2, 0) is 4.79 Å². The van der Waals surface area contributed by atoms with Gasteiger partial charge in [0.2, 0.25) is 0 Å². The van der Waals surface area contributed by atoms with Gasteiger partial charge in [0, 0.05) is 31.2 Å². The molecule has 0 saturated carbocycles. The zero-order chi connectivity index (χ0) is 12.3. The van der Waals surface area contributed by atoms with E-state index in [0.717, 1.165) is 19.5 Å². The van der Waals surface area contributed by atoms with Gasteiger partial charge in [-0.25, -0.2) is 0 Å². The summed E-state index contributed by atoms with van der Waals surface area (Å²) in [6.45, 7) is 8.44. The van der Waals surface area contributed by atoms with Crippen LogP contribution in [0.15, 0.2) is 0 Å². The third-order valence-corrected chi connectivity index (χ3v) is 3.79. The minimum absolute atomic E-state index is 0.191. The van der Waals surface area contributed by atoms with Gasteiger partial charge >= 0.3 is 5.97 Å². The fourth-order valence-electron chi connectivity index (χ4n) is 2.48. The van der Waals surface area contributed by atoms with E-state index in [1.807, 2.05) is 0 Å². The number of carboxylic acids is 1. The standard InChI is InChI=1S/C12H24N2O2/c1-5-11(6-12(15)16)14-7-9(2)13(4)10(3)8-14/h9-11H,5-8H2,1-4H3,(H,15,16). The van der Waals surface area contributed by atoms with Gasteiger partial charge in [0.25, 0.3) is 0 Å². The Kier molecular flexibility index (Phi) is 4.74. The van der Waals surface area contributed by atoms with Crippen molar-refractivity contribution in [2.45, 2.75) is 51.7 Å². The van der Waals surface area contributed by atoms with Gasteiger partial charge in [0.1, 0.15) is 0 Å². The molecule has 3 atom stereocenters. The van der Waals surface area contributed by atoms with E-state index in [2.05, 4.69) is 37.6 Å². The van der Waals surface area contributed by atoms with Gasteiger partial charge in [-0.05, 0) is 27.3 Å². The maximum absolute atomic E-state index is 10.8. The fraction of sp³-hybridized carbons (Fsp3) is 0.917. The van der Waals surface area contributed by atoms with Crippen molar-refractivity contribution in [3.63, 3.8) is 0 Å². The molecule has 1 saturated heterocycles. The molecular weight excluding hydrogens is 204 g/mol. The summed E-state index contributed by atoms with van der Waals surface area (Å²) in [5, 5.41) is 8.89. The Bertz CT molecular complexity index is 233. The molecule has 3 unspecified atom stereocenters. The molecule has 0 spiro atoms. The van der Waals surface area contributed by atoms with Crippen LogP contribution in [0, 0.1) is 0 Å². The minimum atomic E-state index is -0.689. The molecule has 0 aromatic carbocycles. The summed E-state index contributed by atoms with van der Waals surface area (Å²) in [7, 11) is 2.14. The van der Waals surface area contributed by atoms with Crippen molar-refractivity contribution in [1.29, 1.82) is 0 Å². The average molecular weight is 228 g/mol. The van der Waals surface area contributed by atoms with Crippen LogP contribution in [0.1, 0.15) is 33.6 Å². The smallest absolute Gasteiger partial charge is 0.304 e. The first-order valence-electron chi connectivity index (χ1n) is 6.13. The van der Waals surface area contributed by atoms with E-state index < -0.39 is 5.97 Å². The van der Waals surface area contributed by atoms with Crippen molar-refractivity contribution in [3.8, 4) is 0 Å². The van der Waals surface area contributed by atoms with E-state index in [0.29, 0.717) is 12.1 Å². The Hall–Kier alpha value is -0.610. The number of carbonyl (C=O) groups is 1. The van der Waals surface area contributed by atoms with Crippen molar-refractivity contribution in [3.05, 3.63) is 0 Å². The minimum Gasteiger partial charge on any atom is -0.481 e. The van der Waals surface area contributed by atoms with Crippen molar-refractivity contribution in [1.82, 2.24) is 9.80 Å². The van der Waals surface area contributed by atoms with Crippen LogP contribution >= 0.6 is 0 Å². The van der Waals surface area contributed by atoms with Gasteiger partial charge in [0.15, 0.2) is 0 Å². The molecule has 94 valence electrons. The number of hydrogen-bond donors (Lipinski definition) is 1. The number of nitrogens with zero attached hydrogens (tertiary/aromatic N) is 2. The Morgan fingerprint density at radius 2 is 1.88 bits per heavy atom. The summed E-state index contributed by atoms with van der Waals surface area (Å²) in [6.07, 6.45) is 1.18. The molecule has 1 aliphatic heterocycles. The Morgan fingerprint density at radius 3 is 2.25 bits per heavy atom. The molecular formula is C12H24N2O2. The van der Waals surface area contributed by atoms with Crippen molar-refractivity contribution in [2.75, 3.05) is 20.1 Å². The maximum atomic E-state index is 10.8. The van der Waals surface area contributed by atoms with Crippen molar-refractivity contribution < 1.29 is 9.90 Å². The molecule has 1 heterocycles. The van der Waals surface area contributed by atoms with E-state index in [9.17, 15) is 4.79 Å². The quantitative estimate of drug-likeness (QED) is 0.787. The summed E-state index contributed by atoms with van der Waals surface area (Å²) < 4.78 is 0. The highest BCUT2D eigenvalue weighted by atomic mass is 16.4. The largest absolute Gasteiger partial charge is 0.481 e. The van der Waals surface area contributed by atoms with Gasteiger partial charge in [0.05, 0.1) is 6.42 Å². The van der Waals surface area contributed by atoms with E-state index in [4.69, 9.17) is 5.11 Å². The number of hydrogen-bond acceptors (Lipinski definition) is 3. The Labute approximate surface area is 98.2 Å². The van der Waals surface area contributed by atoms with Crippen LogP contribution in [0.5, 0.6) is 0 Å². The van der Waals surface area contributed by atoms with Crippen molar-refractivity contribution >= 4 is 5.97 Å². The van der Waals surface area contributed by atoms with Gasteiger partial charge in [-0.3, -0.25) is 14.6 Å². The lowest BCUT2D eigenvalue weighted by atomic mass is 10.0. The molecule has 0 radical (unpaired) electrons. The molecule has 16 heavy (non-hydrogen) atoms. The highest BCUT2D eigenvalue weighted by Crippen LogP contribution is 2.18. The number of piperazine rings is 1. The normalized spacial score (nSPS) is 30.2. The predicted octanol–water partition coefficient (Wildman–Crippen LogP) is 1.26. The Morgan fingerprint density at radius 1 is 1.38 bits per heavy atom. The second-order valence-corrected chi connectivity index (χ2v) is 4.98. The molecule has 0 amide bonds. The van der Waals surface area contributed by atoms with Gasteiger partial charge in [-0.2, -0.15) is 0 Å². The summed E-state index contributed by atoms with van der Waals surface area (Å²) in [4.78, 5) is 15.5. The van der Waals surface area contributed by atoms with Crippen LogP contribution in [0.2, 0.25) is 0 Å². The van der Waals surface area contributed by atoms with E-state index >= 15 is 0 Å². The predicted molar refractivity (Wildman–Crippen MR) is 64.6 cm³/mol. The third kappa shape index (κ3) is 3.19. The highest BCUT2D eigenvalue weighted by molar-refractivity contribution is 5.67. The first-order valence-corrected chi connectivity index (χ1v) is 6.13.